The predicted molar refractivity (Wildman–Crippen MR) is 139 cm³/mol. The van der Waals surface area contributed by atoms with Gasteiger partial charge in [-0.25, -0.2) is 19.7 Å². The molecule has 1 aliphatic carbocycles. The number of aliphatic hydroxyl groups excluding tert-OH is 1. The van der Waals surface area contributed by atoms with Crippen molar-refractivity contribution in [1.29, 1.82) is 0 Å². The van der Waals surface area contributed by atoms with Crippen LogP contribution in [0.3, 0.4) is 0 Å². The van der Waals surface area contributed by atoms with Crippen molar-refractivity contribution in [3.8, 4) is 22.4 Å². The highest BCUT2D eigenvalue weighted by atomic mass is 16.3. The second-order valence-corrected chi connectivity index (χ2v) is 10.00. The van der Waals surface area contributed by atoms with E-state index in [1.54, 1.807) is 23.4 Å². The summed E-state index contributed by atoms with van der Waals surface area (Å²) in [5.41, 5.74) is 5.33. The molecule has 1 saturated carbocycles. The Hall–Kier alpha value is -3.85. The molecular formula is C28H32N6O3. The van der Waals surface area contributed by atoms with Gasteiger partial charge in [-0.15, -0.1) is 0 Å². The maximum Gasteiger partial charge on any atom is 0.318 e. The standard InChI is InChI=1S/C28H32N6O3/c1-17(2)31-28(37)34-15-20-12-23(27(36)32-22-7-4-8-22)33-26(25(20)24(34)9-10-35)19-6-3-5-18(11-19)21-13-29-16-30-14-21/h3,5-6,11-14,16-17,22,24,35H,4,7-10,15H2,1-2H3,(H,31,37)(H,32,36)/t24-/m0/s1. The number of hydrogen-bond donors (Lipinski definition) is 3. The Morgan fingerprint density at radius 1 is 1.11 bits per heavy atom. The van der Waals surface area contributed by atoms with Crippen LogP contribution in [0.5, 0.6) is 0 Å². The molecule has 1 atom stereocenters. The third-order valence-corrected chi connectivity index (χ3v) is 6.97. The van der Waals surface area contributed by atoms with Crippen molar-refractivity contribution in [1.82, 2.24) is 30.5 Å². The van der Waals surface area contributed by atoms with Crippen LogP contribution in [0.15, 0.2) is 49.1 Å². The van der Waals surface area contributed by atoms with E-state index >= 15 is 0 Å². The second-order valence-electron chi connectivity index (χ2n) is 10.00. The van der Waals surface area contributed by atoms with Gasteiger partial charge in [-0.3, -0.25) is 4.79 Å². The minimum absolute atomic E-state index is 0.0304. The van der Waals surface area contributed by atoms with Crippen LogP contribution in [0.1, 0.15) is 67.2 Å². The van der Waals surface area contributed by atoms with Crippen LogP contribution >= 0.6 is 0 Å². The van der Waals surface area contributed by atoms with E-state index in [0.717, 1.165) is 47.1 Å². The average Bonchev–Trinajstić information content (AvgIpc) is 3.24. The number of nitrogens with zero attached hydrogens (tertiary/aromatic N) is 4. The molecule has 9 nitrogen and oxygen atoms in total. The number of nitrogens with one attached hydrogen (secondary N) is 2. The molecule has 2 aliphatic rings. The molecule has 9 heteroatoms. The highest BCUT2D eigenvalue weighted by Gasteiger charge is 2.37. The maximum atomic E-state index is 13.2. The first-order chi connectivity index (χ1) is 17.9. The van der Waals surface area contributed by atoms with E-state index in [-0.39, 0.29) is 36.7 Å². The first-order valence-corrected chi connectivity index (χ1v) is 12.8. The number of fused-ring (bicyclic) bond motifs is 1. The van der Waals surface area contributed by atoms with Gasteiger partial charge in [-0.2, -0.15) is 0 Å². The summed E-state index contributed by atoms with van der Waals surface area (Å²) in [6.07, 6.45) is 8.43. The van der Waals surface area contributed by atoms with Gasteiger partial charge in [-0.05, 0) is 62.8 Å². The summed E-state index contributed by atoms with van der Waals surface area (Å²) in [5, 5.41) is 16.0. The van der Waals surface area contributed by atoms with Gasteiger partial charge >= 0.3 is 6.03 Å². The molecule has 1 aliphatic heterocycles. The van der Waals surface area contributed by atoms with Crippen molar-refractivity contribution in [2.45, 2.75) is 64.2 Å². The SMILES string of the molecule is CC(C)NC(=O)N1Cc2cc(C(=O)NC3CCC3)nc(-c3cccc(-c4cncnc4)c3)c2[C@@H]1CCO. The highest BCUT2D eigenvalue weighted by Crippen LogP contribution is 2.42. The third kappa shape index (κ3) is 5.17. The molecule has 0 saturated heterocycles. The summed E-state index contributed by atoms with van der Waals surface area (Å²) in [5.74, 6) is -0.204. The first-order valence-electron chi connectivity index (χ1n) is 12.8. The fourth-order valence-electron chi connectivity index (χ4n) is 4.97. The number of carbonyl (C=O) groups excluding carboxylic acids is 2. The van der Waals surface area contributed by atoms with Gasteiger partial charge in [0.2, 0.25) is 0 Å². The van der Waals surface area contributed by atoms with Gasteiger partial charge in [0.15, 0.2) is 0 Å². The van der Waals surface area contributed by atoms with Crippen molar-refractivity contribution in [2.75, 3.05) is 6.61 Å². The zero-order valence-corrected chi connectivity index (χ0v) is 21.1. The summed E-state index contributed by atoms with van der Waals surface area (Å²) in [6.45, 7) is 4.08. The fourth-order valence-corrected chi connectivity index (χ4v) is 4.97. The van der Waals surface area contributed by atoms with E-state index in [4.69, 9.17) is 4.98 Å². The lowest BCUT2D eigenvalue weighted by Crippen LogP contribution is -2.42. The molecule has 3 aromatic rings. The normalized spacial score (nSPS) is 16.9. The molecular weight excluding hydrogens is 468 g/mol. The van der Waals surface area contributed by atoms with Crippen LogP contribution in [0.25, 0.3) is 22.4 Å². The Balaban J connectivity index is 1.61. The summed E-state index contributed by atoms with van der Waals surface area (Å²) in [7, 11) is 0. The summed E-state index contributed by atoms with van der Waals surface area (Å²) in [4.78, 5) is 41.1. The fraction of sp³-hybridized carbons (Fsp3) is 0.393. The number of amides is 3. The lowest BCUT2D eigenvalue weighted by atomic mass is 9.92. The van der Waals surface area contributed by atoms with Crippen molar-refractivity contribution in [3.63, 3.8) is 0 Å². The van der Waals surface area contributed by atoms with Gasteiger partial charge in [0, 0.05) is 54.3 Å². The zero-order valence-electron chi connectivity index (χ0n) is 21.1. The zero-order chi connectivity index (χ0) is 25.9. The molecule has 0 bridgehead atoms. The van der Waals surface area contributed by atoms with Crippen LogP contribution in [-0.2, 0) is 6.54 Å². The van der Waals surface area contributed by atoms with E-state index in [1.807, 2.05) is 38.1 Å². The minimum Gasteiger partial charge on any atom is -0.396 e. The molecule has 0 spiro atoms. The summed E-state index contributed by atoms with van der Waals surface area (Å²) in [6, 6.07) is 9.25. The molecule has 0 radical (unpaired) electrons. The Labute approximate surface area is 216 Å². The van der Waals surface area contributed by atoms with E-state index < -0.39 is 0 Å². The van der Waals surface area contributed by atoms with E-state index in [1.165, 1.54) is 6.33 Å². The number of hydrogen-bond acceptors (Lipinski definition) is 6. The van der Waals surface area contributed by atoms with Crippen LogP contribution < -0.4 is 10.6 Å². The van der Waals surface area contributed by atoms with Gasteiger partial charge in [0.1, 0.15) is 12.0 Å². The number of aliphatic hydroxyl groups is 1. The number of benzene rings is 1. The summed E-state index contributed by atoms with van der Waals surface area (Å²) >= 11 is 0. The topological polar surface area (TPSA) is 120 Å². The van der Waals surface area contributed by atoms with Crippen LogP contribution in [-0.4, -0.2) is 55.6 Å². The molecule has 192 valence electrons. The Morgan fingerprint density at radius 3 is 2.54 bits per heavy atom. The molecule has 3 amide bonds. The molecule has 1 aromatic carbocycles. The van der Waals surface area contributed by atoms with Gasteiger partial charge in [0.05, 0.1) is 11.7 Å². The largest absolute Gasteiger partial charge is 0.396 e. The Morgan fingerprint density at radius 2 is 1.86 bits per heavy atom. The van der Waals surface area contributed by atoms with Crippen molar-refractivity contribution < 1.29 is 14.7 Å². The van der Waals surface area contributed by atoms with Crippen LogP contribution in [0, 0.1) is 0 Å². The quantitative estimate of drug-likeness (QED) is 0.453. The Kier molecular flexibility index (Phi) is 7.14. The van der Waals surface area contributed by atoms with Crippen molar-refractivity contribution in [3.05, 3.63) is 65.9 Å². The smallest absolute Gasteiger partial charge is 0.318 e. The molecule has 0 unspecified atom stereocenters. The van der Waals surface area contributed by atoms with Crippen molar-refractivity contribution in [2.24, 2.45) is 0 Å². The van der Waals surface area contributed by atoms with Crippen LogP contribution in [0.4, 0.5) is 4.79 Å². The van der Waals surface area contributed by atoms with Crippen molar-refractivity contribution >= 4 is 11.9 Å². The van der Waals surface area contributed by atoms with Gasteiger partial charge < -0.3 is 20.6 Å². The van der Waals surface area contributed by atoms with Gasteiger partial charge in [-0.1, -0.05) is 18.2 Å². The molecule has 2 aromatic heterocycles. The predicted octanol–water partition coefficient (Wildman–Crippen LogP) is 3.85. The molecule has 3 heterocycles. The van der Waals surface area contributed by atoms with E-state index in [9.17, 15) is 14.7 Å². The third-order valence-electron chi connectivity index (χ3n) is 6.97. The first kappa shape index (κ1) is 24.8. The number of carbonyl (C=O) groups is 2. The average molecular weight is 501 g/mol. The van der Waals surface area contributed by atoms with E-state index in [0.29, 0.717) is 24.4 Å². The molecule has 3 N–H and O–H groups in total. The monoisotopic (exact) mass is 500 g/mol. The lowest BCUT2D eigenvalue weighted by molar-refractivity contribution is 0.0911. The number of pyridine rings is 1. The lowest BCUT2D eigenvalue weighted by Gasteiger charge is -2.27. The highest BCUT2D eigenvalue weighted by molar-refractivity contribution is 5.94. The Bertz CT molecular complexity index is 1290. The molecule has 37 heavy (non-hydrogen) atoms. The maximum absolute atomic E-state index is 13.2. The second kappa shape index (κ2) is 10.6. The number of aromatic nitrogens is 3. The number of urea groups is 1. The number of rotatable bonds is 7. The van der Waals surface area contributed by atoms with E-state index in [2.05, 4.69) is 20.6 Å². The van der Waals surface area contributed by atoms with Crippen LogP contribution in [0.2, 0.25) is 0 Å². The van der Waals surface area contributed by atoms with Gasteiger partial charge in [0.25, 0.3) is 5.91 Å². The molecule has 5 rings (SSSR count). The summed E-state index contributed by atoms with van der Waals surface area (Å²) < 4.78 is 0. The minimum atomic E-state index is -0.367. The molecule has 1 fully saturated rings.